The molecule has 0 radical (unpaired) electrons. The summed E-state index contributed by atoms with van der Waals surface area (Å²) in [6, 6.07) is 9.05. The topological polar surface area (TPSA) is 74.3 Å². The molecule has 1 atom stereocenters. The van der Waals surface area contributed by atoms with Gasteiger partial charge in [0, 0.05) is 6.07 Å². The second kappa shape index (κ2) is 8.20. The van der Waals surface area contributed by atoms with E-state index in [4.69, 9.17) is 18.9 Å². The Morgan fingerprint density at radius 2 is 1.90 bits per heavy atom. The van der Waals surface area contributed by atoms with E-state index in [9.17, 15) is 14.0 Å². The maximum atomic E-state index is 12.9. The number of amides is 2. The van der Waals surface area contributed by atoms with E-state index in [1.54, 1.807) is 12.1 Å². The molecule has 0 aromatic heterocycles. The third-order valence-electron chi connectivity index (χ3n) is 4.58. The number of rotatable bonds is 7. The molecule has 9 heteroatoms. The van der Waals surface area contributed by atoms with Gasteiger partial charge in [0.15, 0.2) is 11.5 Å². The fourth-order valence-corrected chi connectivity index (χ4v) is 4.17. The fraction of sp³-hybridized carbons (Fsp3) is 0.300. The van der Waals surface area contributed by atoms with Gasteiger partial charge in [0.05, 0.1) is 18.9 Å². The molecule has 2 aromatic carbocycles. The minimum absolute atomic E-state index is 0.122. The number of thioether (sulfide) groups is 1. The molecule has 7 nitrogen and oxygen atoms in total. The zero-order valence-corrected chi connectivity index (χ0v) is 16.4. The number of ether oxygens (including phenoxy) is 4. The van der Waals surface area contributed by atoms with E-state index < -0.39 is 5.25 Å². The van der Waals surface area contributed by atoms with Gasteiger partial charge in [-0.1, -0.05) is 11.8 Å². The molecule has 0 N–H and O–H groups in total. The minimum atomic E-state index is -0.553. The molecule has 0 spiro atoms. The molecule has 0 bridgehead atoms. The van der Waals surface area contributed by atoms with Crippen LogP contribution in [0.15, 0.2) is 36.4 Å². The van der Waals surface area contributed by atoms with Crippen LogP contribution in [0.25, 0.3) is 0 Å². The molecule has 2 aliphatic rings. The lowest BCUT2D eigenvalue weighted by Crippen LogP contribution is -2.35. The summed E-state index contributed by atoms with van der Waals surface area (Å²) in [5.41, 5.74) is 0.764. The molecule has 2 amide bonds. The van der Waals surface area contributed by atoms with E-state index in [-0.39, 0.29) is 36.9 Å². The van der Waals surface area contributed by atoms with Crippen LogP contribution in [-0.2, 0) is 11.2 Å². The average Bonchev–Trinajstić information content (AvgIpc) is 3.27. The Labute approximate surface area is 170 Å². The first-order valence-electron chi connectivity index (χ1n) is 8.92. The second-order valence-corrected chi connectivity index (χ2v) is 7.54. The van der Waals surface area contributed by atoms with Gasteiger partial charge in [-0.2, -0.15) is 0 Å². The van der Waals surface area contributed by atoms with Crippen molar-refractivity contribution in [1.82, 2.24) is 4.90 Å². The third kappa shape index (κ3) is 4.09. The number of fused-ring (bicyclic) bond motifs is 1. The monoisotopic (exact) mass is 419 g/mol. The van der Waals surface area contributed by atoms with Crippen molar-refractivity contribution in [3.8, 4) is 23.0 Å². The molecule has 2 aliphatic heterocycles. The SMILES string of the molecule is COc1cc2c(cc1C[C@H]1SC(=O)N(CCOc3ccc(F)cc3)C1=O)OCO2. The number of methoxy groups -OCH3 is 1. The van der Waals surface area contributed by atoms with Crippen LogP contribution in [0.4, 0.5) is 9.18 Å². The minimum Gasteiger partial charge on any atom is -0.496 e. The number of benzene rings is 2. The van der Waals surface area contributed by atoms with Crippen LogP contribution in [-0.4, -0.2) is 48.4 Å². The summed E-state index contributed by atoms with van der Waals surface area (Å²) >= 11 is 0.982. The molecule has 1 saturated heterocycles. The van der Waals surface area contributed by atoms with Gasteiger partial charge in [0.1, 0.15) is 23.9 Å². The summed E-state index contributed by atoms with van der Waals surface area (Å²) in [4.78, 5) is 26.2. The fourth-order valence-electron chi connectivity index (χ4n) is 3.13. The number of halogens is 1. The highest BCUT2D eigenvalue weighted by atomic mass is 32.2. The summed E-state index contributed by atoms with van der Waals surface area (Å²) in [6.45, 7) is 0.389. The van der Waals surface area contributed by atoms with Crippen LogP contribution in [0.1, 0.15) is 5.56 Å². The van der Waals surface area contributed by atoms with Crippen LogP contribution >= 0.6 is 11.8 Å². The number of carbonyl (C=O) groups excluding carboxylic acids is 2. The Bertz CT molecular complexity index is 935. The maximum Gasteiger partial charge on any atom is 0.289 e. The highest BCUT2D eigenvalue weighted by Gasteiger charge is 2.40. The molecule has 0 unspecified atom stereocenters. The van der Waals surface area contributed by atoms with E-state index >= 15 is 0 Å². The molecule has 29 heavy (non-hydrogen) atoms. The first kappa shape index (κ1) is 19.4. The maximum absolute atomic E-state index is 12.9. The number of imide groups is 1. The first-order valence-corrected chi connectivity index (χ1v) is 9.80. The van der Waals surface area contributed by atoms with Gasteiger partial charge < -0.3 is 18.9 Å². The predicted octanol–water partition coefficient (Wildman–Crippen LogP) is 3.25. The summed E-state index contributed by atoms with van der Waals surface area (Å²) in [6.07, 6.45) is 0.324. The molecule has 0 aliphatic carbocycles. The molecule has 4 rings (SSSR count). The Kier molecular flexibility index (Phi) is 5.48. The van der Waals surface area contributed by atoms with E-state index in [0.29, 0.717) is 29.4 Å². The predicted molar refractivity (Wildman–Crippen MR) is 103 cm³/mol. The van der Waals surface area contributed by atoms with Gasteiger partial charge in [0.25, 0.3) is 5.24 Å². The van der Waals surface area contributed by atoms with Crippen molar-refractivity contribution in [3.63, 3.8) is 0 Å². The molecular weight excluding hydrogens is 401 g/mol. The Balaban J connectivity index is 1.39. The first-order chi connectivity index (χ1) is 14.0. The molecule has 152 valence electrons. The summed E-state index contributed by atoms with van der Waals surface area (Å²) in [5, 5.41) is -0.870. The van der Waals surface area contributed by atoms with Crippen LogP contribution < -0.4 is 18.9 Å². The molecular formula is C20H18FNO6S. The molecule has 0 saturated carbocycles. The quantitative estimate of drug-likeness (QED) is 0.682. The van der Waals surface area contributed by atoms with Crippen LogP contribution in [0, 0.1) is 5.82 Å². The molecule has 1 fully saturated rings. The number of hydrogen-bond acceptors (Lipinski definition) is 7. The third-order valence-corrected chi connectivity index (χ3v) is 5.66. The zero-order chi connectivity index (χ0) is 20.4. The van der Waals surface area contributed by atoms with Gasteiger partial charge >= 0.3 is 0 Å². The normalized spacial score (nSPS) is 17.7. The van der Waals surface area contributed by atoms with E-state index in [1.165, 1.54) is 36.3 Å². The van der Waals surface area contributed by atoms with Crippen molar-refractivity contribution in [2.75, 3.05) is 27.1 Å². The zero-order valence-electron chi connectivity index (χ0n) is 15.6. The van der Waals surface area contributed by atoms with Crippen LogP contribution in [0.3, 0.4) is 0 Å². The lowest BCUT2D eigenvalue weighted by molar-refractivity contribution is -0.126. The van der Waals surface area contributed by atoms with Crippen molar-refractivity contribution in [2.45, 2.75) is 11.7 Å². The van der Waals surface area contributed by atoms with Gasteiger partial charge in [-0.25, -0.2) is 4.39 Å². The molecule has 2 aromatic rings. The summed E-state index contributed by atoms with van der Waals surface area (Å²) in [7, 11) is 1.54. The molecule has 2 heterocycles. The highest BCUT2D eigenvalue weighted by Crippen LogP contribution is 2.40. The van der Waals surface area contributed by atoms with Crippen molar-refractivity contribution >= 4 is 22.9 Å². The lowest BCUT2D eigenvalue weighted by atomic mass is 10.1. The Morgan fingerprint density at radius 1 is 1.17 bits per heavy atom. The van der Waals surface area contributed by atoms with E-state index in [2.05, 4.69) is 0 Å². The highest BCUT2D eigenvalue weighted by molar-refractivity contribution is 8.15. The number of hydrogen-bond donors (Lipinski definition) is 0. The largest absolute Gasteiger partial charge is 0.496 e. The van der Waals surface area contributed by atoms with Gasteiger partial charge in [0.2, 0.25) is 12.7 Å². The van der Waals surface area contributed by atoms with Crippen LogP contribution in [0.5, 0.6) is 23.0 Å². The number of nitrogens with zero attached hydrogens (tertiary/aromatic N) is 1. The van der Waals surface area contributed by atoms with Gasteiger partial charge in [-0.15, -0.1) is 0 Å². The average molecular weight is 419 g/mol. The van der Waals surface area contributed by atoms with Crippen molar-refractivity contribution in [2.24, 2.45) is 0 Å². The second-order valence-electron chi connectivity index (χ2n) is 6.39. The van der Waals surface area contributed by atoms with Crippen molar-refractivity contribution < 1.29 is 32.9 Å². The van der Waals surface area contributed by atoms with Crippen LogP contribution in [0.2, 0.25) is 0 Å². The smallest absolute Gasteiger partial charge is 0.289 e. The summed E-state index contributed by atoms with van der Waals surface area (Å²) < 4.78 is 34.5. The Hall–Kier alpha value is -2.94. The summed E-state index contributed by atoms with van der Waals surface area (Å²) in [5.74, 6) is 1.59. The van der Waals surface area contributed by atoms with E-state index in [1.807, 2.05) is 0 Å². The van der Waals surface area contributed by atoms with Gasteiger partial charge in [-0.05, 0) is 42.3 Å². The van der Waals surface area contributed by atoms with Gasteiger partial charge in [-0.3, -0.25) is 14.5 Å². The van der Waals surface area contributed by atoms with E-state index in [0.717, 1.165) is 17.3 Å². The lowest BCUT2D eigenvalue weighted by Gasteiger charge is -2.15. The van der Waals surface area contributed by atoms with Crippen molar-refractivity contribution in [1.29, 1.82) is 0 Å². The van der Waals surface area contributed by atoms with Crippen molar-refractivity contribution in [3.05, 3.63) is 47.8 Å². The standard InChI is InChI=1S/C20H18FNO6S/c1-25-15-10-17-16(27-11-28-17)8-12(15)9-18-19(23)22(20(24)29-18)6-7-26-14-4-2-13(21)3-5-14/h2-5,8,10,18H,6-7,9,11H2,1H3/t18-/m1/s1. The Morgan fingerprint density at radius 3 is 2.62 bits per heavy atom. The number of carbonyl (C=O) groups is 2.